The monoisotopic (exact) mass is 508 g/mol. The Morgan fingerprint density at radius 2 is 1.61 bits per heavy atom. The van der Waals surface area contributed by atoms with Crippen LogP contribution in [-0.2, 0) is 21.2 Å². The molecule has 0 aromatic heterocycles. The van der Waals surface area contributed by atoms with E-state index in [2.05, 4.69) is 23.9 Å². The lowest BCUT2D eigenvalue weighted by Crippen LogP contribution is -2.45. The first-order chi connectivity index (χ1) is 17.0. The number of benzene rings is 3. The highest BCUT2D eigenvalue weighted by molar-refractivity contribution is 7.89. The zero-order valence-corrected chi connectivity index (χ0v) is 22.6. The van der Waals surface area contributed by atoms with E-state index in [1.54, 1.807) is 12.1 Å². The fourth-order valence-corrected chi connectivity index (χ4v) is 5.50. The number of anilines is 1. The molecule has 0 fully saturated rings. The number of methoxy groups -OCH3 is 1. The average Bonchev–Trinajstić information content (AvgIpc) is 2.84. The topological polar surface area (TPSA) is 84.5 Å². The van der Waals surface area contributed by atoms with E-state index in [4.69, 9.17) is 4.74 Å². The first-order valence-corrected chi connectivity index (χ1v) is 13.7. The van der Waals surface area contributed by atoms with Gasteiger partial charge in [0.2, 0.25) is 15.9 Å². The van der Waals surface area contributed by atoms with Gasteiger partial charge in [0.05, 0.1) is 7.11 Å². The minimum Gasteiger partial charge on any atom is -0.495 e. The number of amides is 1. The summed E-state index contributed by atoms with van der Waals surface area (Å²) < 4.78 is 35.3. The molecule has 36 heavy (non-hydrogen) atoms. The summed E-state index contributed by atoms with van der Waals surface area (Å²) in [6, 6.07) is 19.3. The number of sulfonamides is 1. The molecule has 0 bridgehead atoms. The zero-order valence-electron chi connectivity index (χ0n) is 21.8. The van der Waals surface area contributed by atoms with Gasteiger partial charge in [-0.3, -0.25) is 4.79 Å². The van der Waals surface area contributed by atoms with Gasteiger partial charge < -0.3 is 10.1 Å². The van der Waals surface area contributed by atoms with E-state index in [-0.39, 0.29) is 28.9 Å². The molecule has 1 unspecified atom stereocenters. The maximum Gasteiger partial charge on any atom is 0.245 e. The molecule has 192 valence electrons. The molecule has 3 aromatic rings. The lowest BCUT2D eigenvalue weighted by molar-refractivity contribution is -0.117. The van der Waals surface area contributed by atoms with Gasteiger partial charge in [-0.15, -0.1) is 0 Å². The van der Waals surface area contributed by atoms with Gasteiger partial charge in [0, 0.05) is 5.69 Å². The molecular weight excluding hydrogens is 472 g/mol. The Bertz CT molecular complexity index is 1300. The molecule has 0 aliphatic rings. The van der Waals surface area contributed by atoms with Gasteiger partial charge >= 0.3 is 0 Å². The maximum atomic E-state index is 13.6. The van der Waals surface area contributed by atoms with Crippen LogP contribution in [0.15, 0.2) is 71.6 Å². The van der Waals surface area contributed by atoms with Crippen molar-refractivity contribution in [2.24, 2.45) is 0 Å². The first-order valence-electron chi connectivity index (χ1n) is 12.2. The molecule has 1 atom stereocenters. The van der Waals surface area contributed by atoms with E-state index in [9.17, 15) is 13.2 Å². The Kier molecular flexibility index (Phi) is 8.93. The smallest absolute Gasteiger partial charge is 0.245 e. The number of hydrogen-bond acceptors (Lipinski definition) is 4. The second kappa shape index (κ2) is 11.7. The van der Waals surface area contributed by atoms with Gasteiger partial charge in [-0.1, -0.05) is 82.3 Å². The van der Waals surface area contributed by atoms with Crippen molar-refractivity contribution in [3.63, 3.8) is 0 Å². The largest absolute Gasteiger partial charge is 0.495 e. The van der Waals surface area contributed by atoms with Gasteiger partial charge in [0.15, 0.2) is 0 Å². The van der Waals surface area contributed by atoms with Gasteiger partial charge in [0.25, 0.3) is 0 Å². The van der Waals surface area contributed by atoms with Gasteiger partial charge in [-0.05, 0) is 59.6 Å². The molecule has 0 heterocycles. The minimum atomic E-state index is -4.09. The molecule has 7 heteroatoms. The molecule has 0 radical (unpaired) electrons. The van der Waals surface area contributed by atoms with Crippen molar-refractivity contribution in [2.45, 2.75) is 63.8 Å². The number of carbonyl (C=O) groups excluding carboxylic acids is 1. The summed E-state index contributed by atoms with van der Waals surface area (Å²) in [5.74, 6) is 0.126. The number of rotatable bonds is 10. The number of aryl methyl sites for hydroxylation is 1. The number of nitrogens with one attached hydrogen (secondary N) is 2. The summed E-state index contributed by atoms with van der Waals surface area (Å²) in [7, 11) is -2.65. The van der Waals surface area contributed by atoms with Crippen LogP contribution in [0.25, 0.3) is 0 Å². The van der Waals surface area contributed by atoms with Crippen molar-refractivity contribution in [3.05, 3.63) is 89.0 Å². The summed E-state index contributed by atoms with van der Waals surface area (Å²) >= 11 is 0. The van der Waals surface area contributed by atoms with Crippen LogP contribution in [0.1, 0.15) is 61.8 Å². The summed E-state index contributed by atoms with van der Waals surface area (Å²) in [6.45, 7) is 10.0. The third-order valence-electron chi connectivity index (χ3n) is 6.22. The maximum absolute atomic E-state index is 13.6. The molecule has 6 nitrogen and oxygen atoms in total. The lowest BCUT2D eigenvalue weighted by Gasteiger charge is -2.22. The van der Waals surface area contributed by atoms with E-state index in [0.29, 0.717) is 5.69 Å². The predicted octanol–water partition coefficient (Wildman–Crippen LogP) is 5.78. The van der Waals surface area contributed by atoms with Crippen LogP contribution >= 0.6 is 0 Å². The molecule has 3 aromatic carbocycles. The average molecular weight is 509 g/mol. The van der Waals surface area contributed by atoms with Crippen molar-refractivity contribution in [3.8, 4) is 5.75 Å². The molecular formula is C29H36N2O4S. The van der Waals surface area contributed by atoms with Crippen LogP contribution in [0, 0.1) is 6.92 Å². The first kappa shape index (κ1) is 27.4. The molecule has 3 rings (SSSR count). The fourth-order valence-electron chi connectivity index (χ4n) is 4.10. The Morgan fingerprint density at radius 3 is 2.22 bits per heavy atom. The zero-order chi connectivity index (χ0) is 26.5. The van der Waals surface area contributed by atoms with Gasteiger partial charge in [-0.2, -0.15) is 4.72 Å². The molecule has 2 N–H and O–H groups in total. The number of para-hydroxylation sites is 1. The molecule has 0 saturated heterocycles. The molecule has 0 aliphatic heterocycles. The highest BCUT2D eigenvalue weighted by Gasteiger charge is 2.29. The summed E-state index contributed by atoms with van der Waals surface area (Å²) in [6.07, 6.45) is 0.195. The lowest BCUT2D eigenvalue weighted by atomic mass is 9.97. The van der Waals surface area contributed by atoms with Crippen LogP contribution in [-0.4, -0.2) is 27.5 Å². The standard InChI is InChI=1S/C29H36N2O4S/c1-19(2)23-15-16-26(35-6)27(18-23)36(33,34)31-25(17-22-12-8-7-9-13-22)29(32)30-28-21(5)11-10-14-24(28)20(3)4/h7-16,18-20,25,31H,17H2,1-6H3,(H,30,32). The number of hydrogen-bond donors (Lipinski definition) is 2. The quantitative estimate of drug-likeness (QED) is 0.364. The van der Waals surface area contributed by atoms with E-state index >= 15 is 0 Å². The molecule has 0 saturated carbocycles. The van der Waals surface area contributed by atoms with Crippen LogP contribution in [0.5, 0.6) is 5.75 Å². The molecule has 0 aliphatic carbocycles. The summed E-state index contributed by atoms with van der Waals surface area (Å²) in [5, 5.41) is 3.02. The van der Waals surface area contributed by atoms with Crippen LogP contribution in [0.4, 0.5) is 5.69 Å². The van der Waals surface area contributed by atoms with Crippen molar-refractivity contribution in [2.75, 3.05) is 12.4 Å². The Hall–Kier alpha value is -3.16. The van der Waals surface area contributed by atoms with Gasteiger partial charge in [-0.25, -0.2) is 8.42 Å². The van der Waals surface area contributed by atoms with E-state index in [1.807, 2.05) is 75.4 Å². The van der Waals surface area contributed by atoms with Crippen molar-refractivity contribution >= 4 is 21.6 Å². The van der Waals surface area contributed by atoms with Crippen molar-refractivity contribution in [1.29, 1.82) is 0 Å². The van der Waals surface area contributed by atoms with Crippen LogP contribution in [0.2, 0.25) is 0 Å². The van der Waals surface area contributed by atoms with Crippen LogP contribution in [0.3, 0.4) is 0 Å². The normalized spacial score (nSPS) is 12.6. The Morgan fingerprint density at radius 1 is 0.917 bits per heavy atom. The minimum absolute atomic E-state index is 0.0147. The molecule has 1 amide bonds. The highest BCUT2D eigenvalue weighted by Crippen LogP contribution is 2.30. The summed E-state index contributed by atoms with van der Waals surface area (Å²) in [4.78, 5) is 13.6. The second-order valence-electron chi connectivity index (χ2n) is 9.61. The predicted molar refractivity (Wildman–Crippen MR) is 145 cm³/mol. The Balaban J connectivity index is 2.01. The van der Waals surface area contributed by atoms with Crippen molar-refractivity contribution in [1.82, 2.24) is 4.72 Å². The number of carbonyl (C=O) groups is 1. The van der Waals surface area contributed by atoms with E-state index < -0.39 is 22.0 Å². The van der Waals surface area contributed by atoms with E-state index in [1.165, 1.54) is 7.11 Å². The fraction of sp³-hybridized carbons (Fsp3) is 0.345. The second-order valence-corrected chi connectivity index (χ2v) is 11.3. The number of ether oxygens (including phenoxy) is 1. The SMILES string of the molecule is COc1ccc(C(C)C)cc1S(=O)(=O)NC(Cc1ccccc1)C(=O)Nc1c(C)cccc1C(C)C. The molecule has 0 spiro atoms. The van der Waals surface area contributed by atoms with Crippen molar-refractivity contribution < 1.29 is 17.9 Å². The highest BCUT2D eigenvalue weighted by atomic mass is 32.2. The Labute approximate surface area is 215 Å². The van der Waals surface area contributed by atoms with Crippen LogP contribution < -0.4 is 14.8 Å². The summed E-state index contributed by atoms with van der Waals surface area (Å²) in [5.41, 5.74) is 4.34. The van der Waals surface area contributed by atoms with E-state index in [0.717, 1.165) is 22.3 Å². The van der Waals surface area contributed by atoms with Gasteiger partial charge in [0.1, 0.15) is 16.7 Å². The third-order valence-corrected chi connectivity index (χ3v) is 7.71. The third kappa shape index (κ3) is 6.53.